The third kappa shape index (κ3) is 2.11. The molecule has 1 aliphatic rings. The highest BCUT2D eigenvalue weighted by Gasteiger charge is 2.41. The third-order valence-corrected chi connectivity index (χ3v) is 3.85. The molecule has 0 fully saturated rings. The van der Waals surface area contributed by atoms with E-state index in [2.05, 4.69) is 4.99 Å². The Hall–Kier alpha value is -2.56. The maximum atomic E-state index is 14.1. The summed E-state index contributed by atoms with van der Waals surface area (Å²) in [5, 5.41) is 9.44. The van der Waals surface area contributed by atoms with E-state index in [0.717, 1.165) is 5.56 Å². The van der Waals surface area contributed by atoms with Crippen LogP contribution in [0.5, 0.6) is 5.75 Å². The van der Waals surface area contributed by atoms with Gasteiger partial charge < -0.3 is 10.8 Å². The van der Waals surface area contributed by atoms with Crippen LogP contribution in [0.25, 0.3) is 0 Å². The first-order valence-corrected chi connectivity index (χ1v) is 6.66. The molecule has 0 aromatic heterocycles. The Morgan fingerprint density at radius 1 is 1.19 bits per heavy atom. The summed E-state index contributed by atoms with van der Waals surface area (Å²) in [5.74, 6) is 0.130. The van der Waals surface area contributed by atoms with E-state index >= 15 is 0 Å². The van der Waals surface area contributed by atoms with Crippen LogP contribution in [-0.4, -0.2) is 17.6 Å². The van der Waals surface area contributed by atoms with Gasteiger partial charge in [0.1, 0.15) is 11.6 Å². The predicted molar refractivity (Wildman–Crippen MR) is 80.8 cm³/mol. The van der Waals surface area contributed by atoms with Crippen molar-refractivity contribution < 1.29 is 9.50 Å². The molecular weight excluding hydrogens is 269 g/mol. The Balaban J connectivity index is 2.10. The smallest absolute Gasteiger partial charge is 0.196 e. The predicted octanol–water partition coefficient (Wildman–Crippen LogP) is 2.58. The Labute approximate surface area is 122 Å². The Kier molecular flexibility index (Phi) is 3.05. The average Bonchev–Trinajstić information content (AvgIpc) is 2.77. The van der Waals surface area contributed by atoms with Gasteiger partial charge in [-0.1, -0.05) is 24.3 Å². The number of nitrogens with zero attached hydrogens (tertiary/aromatic N) is 2. The molecule has 0 aliphatic carbocycles. The van der Waals surface area contributed by atoms with Gasteiger partial charge in [0.2, 0.25) is 0 Å². The quantitative estimate of drug-likeness (QED) is 0.891. The summed E-state index contributed by atoms with van der Waals surface area (Å²) in [5.41, 5.74) is 6.70. The highest BCUT2D eigenvalue weighted by atomic mass is 19.1. The first-order valence-electron chi connectivity index (χ1n) is 6.66. The van der Waals surface area contributed by atoms with E-state index in [4.69, 9.17) is 5.73 Å². The van der Waals surface area contributed by atoms with Crippen LogP contribution in [0.2, 0.25) is 0 Å². The van der Waals surface area contributed by atoms with Crippen molar-refractivity contribution in [2.75, 3.05) is 11.4 Å². The highest BCUT2D eigenvalue weighted by molar-refractivity contribution is 5.98. The van der Waals surface area contributed by atoms with E-state index in [1.54, 1.807) is 47.4 Å². The zero-order chi connectivity index (χ0) is 15.0. The zero-order valence-corrected chi connectivity index (χ0v) is 11.6. The number of hydrogen-bond acceptors (Lipinski definition) is 4. The summed E-state index contributed by atoms with van der Waals surface area (Å²) >= 11 is 0. The molecule has 3 rings (SSSR count). The van der Waals surface area contributed by atoms with Crippen molar-refractivity contribution in [3.05, 3.63) is 59.9 Å². The minimum absolute atomic E-state index is 0.187. The van der Waals surface area contributed by atoms with Gasteiger partial charge in [0, 0.05) is 0 Å². The molecule has 0 bridgehead atoms. The second-order valence-corrected chi connectivity index (χ2v) is 5.28. The summed E-state index contributed by atoms with van der Waals surface area (Å²) in [6.45, 7) is 2.38. The number of hydrogen-bond donors (Lipinski definition) is 2. The molecule has 0 radical (unpaired) electrons. The van der Waals surface area contributed by atoms with Crippen LogP contribution < -0.4 is 10.6 Å². The number of rotatable bonds is 2. The molecule has 2 aromatic rings. The first-order chi connectivity index (χ1) is 10.0. The largest absolute Gasteiger partial charge is 0.508 e. The number of anilines is 1. The van der Waals surface area contributed by atoms with Crippen LogP contribution in [0, 0.1) is 5.82 Å². The lowest BCUT2D eigenvalue weighted by molar-refractivity contribution is 0.472. The molecule has 5 heteroatoms. The van der Waals surface area contributed by atoms with E-state index in [-0.39, 0.29) is 17.5 Å². The fourth-order valence-electron chi connectivity index (χ4n) is 2.69. The molecule has 1 atom stereocenters. The van der Waals surface area contributed by atoms with Crippen molar-refractivity contribution in [3.63, 3.8) is 0 Å². The van der Waals surface area contributed by atoms with Crippen molar-refractivity contribution in [2.45, 2.75) is 12.5 Å². The third-order valence-electron chi connectivity index (χ3n) is 3.85. The standard InChI is InChI=1S/C16H16FN3O/c1-16(11-6-8-12(21)9-7-11)10-19-15(18)20(16)14-5-3-2-4-13(14)17/h2-9,21H,10H2,1H3,(H2,18,19). The minimum Gasteiger partial charge on any atom is -0.508 e. The van der Waals surface area contributed by atoms with E-state index in [1.807, 2.05) is 6.92 Å². The molecule has 1 heterocycles. The van der Waals surface area contributed by atoms with Gasteiger partial charge in [-0.2, -0.15) is 0 Å². The number of nitrogens with two attached hydrogens (primary N) is 1. The van der Waals surface area contributed by atoms with Crippen LogP contribution >= 0.6 is 0 Å². The molecule has 0 spiro atoms. The van der Waals surface area contributed by atoms with Crippen LogP contribution in [-0.2, 0) is 5.54 Å². The molecule has 0 saturated heterocycles. The summed E-state index contributed by atoms with van der Waals surface area (Å²) in [6.07, 6.45) is 0. The van der Waals surface area contributed by atoms with Crippen molar-refractivity contribution in [3.8, 4) is 5.75 Å². The topological polar surface area (TPSA) is 61.9 Å². The fourth-order valence-corrected chi connectivity index (χ4v) is 2.69. The minimum atomic E-state index is -0.583. The zero-order valence-electron chi connectivity index (χ0n) is 11.6. The SMILES string of the molecule is CC1(c2ccc(O)cc2)CN=C(N)N1c1ccccc1F. The number of aromatic hydroxyl groups is 1. The van der Waals surface area contributed by atoms with Gasteiger partial charge in [-0.15, -0.1) is 0 Å². The van der Waals surface area contributed by atoms with Crippen molar-refractivity contribution >= 4 is 11.6 Å². The lowest BCUT2D eigenvalue weighted by atomic mass is 9.90. The number of phenolic OH excluding ortho intramolecular Hbond substituents is 1. The number of halogens is 1. The number of benzene rings is 2. The van der Waals surface area contributed by atoms with Gasteiger partial charge in [0.15, 0.2) is 5.96 Å². The van der Waals surface area contributed by atoms with Crippen molar-refractivity contribution in [1.82, 2.24) is 0 Å². The van der Waals surface area contributed by atoms with E-state index in [1.165, 1.54) is 6.07 Å². The van der Waals surface area contributed by atoms with Gasteiger partial charge in [-0.25, -0.2) is 4.39 Å². The van der Waals surface area contributed by atoms with Crippen molar-refractivity contribution in [1.29, 1.82) is 0 Å². The second kappa shape index (κ2) is 4.77. The maximum Gasteiger partial charge on any atom is 0.196 e. The van der Waals surface area contributed by atoms with Crippen molar-refractivity contribution in [2.24, 2.45) is 10.7 Å². The molecule has 3 N–H and O–H groups in total. The average molecular weight is 285 g/mol. The Morgan fingerprint density at radius 2 is 1.86 bits per heavy atom. The van der Waals surface area contributed by atoms with E-state index in [0.29, 0.717) is 12.2 Å². The Bertz CT molecular complexity index is 699. The Morgan fingerprint density at radius 3 is 2.52 bits per heavy atom. The lowest BCUT2D eigenvalue weighted by Gasteiger charge is -2.36. The van der Waals surface area contributed by atoms with Crippen LogP contribution in [0.15, 0.2) is 53.5 Å². The number of guanidine groups is 1. The fraction of sp³-hybridized carbons (Fsp3) is 0.188. The summed E-state index contributed by atoms with van der Waals surface area (Å²) in [4.78, 5) is 5.98. The second-order valence-electron chi connectivity index (χ2n) is 5.28. The molecule has 4 nitrogen and oxygen atoms in total. The normalized spacial score (nSPS) is 21.4. The lowest BCUT2D eigenvalue weighted by Crippen LogP contribution is -2.48. The van der Waals surface area contributed by atoms with Crippen LogP contribution in [0.4, 0.5) is 10.1 Å². The van der Waals surface area contributed by atoms with Crippen LogP contribution in [0.3, 0.4) is 0 Å². The van der Waals surface area contributed by atoms with Gasteiger partial charge in [-0.3, -0.25) is 9.89 Å². The number of phenols is 1. The van der Waals surface area contributed by atoms with Crippen LogP contribution in [0.1, 0.15) is 12.5 Å². The van der Waals surface area contributed by atoms with E-state index in [9.17, 15) is 9.50 Å². The van der Waals surface area contributed by atoms with Gasteiger partial charge in [0.25, 0.3) is 0 Å². The number of aliphatic imine (C=N–C) groups is 1. The number of para-hydroxylation sites is 1. The first kappa shape index (κ1) is 13.4. The summed E-state index contributed by atoms with van der Waals surface area (Å²) < 4.78 is 14.1. The molecule has 1 unspecified atom stereocenters. The van der Waals surface area contributed by atoms with Gasteiger partial charge in [-0.05, 0) is 36.8 Å². The highest BCUT2D eigenvalue weighted by Crippen LogP contribution is 2.38. The molecule has 0 amide bonds. The maximum absolute atomic E-state index is 14.1. The van der Waals surface area contributed by atoms with Gasteiger partial charge in [0.05, 0.1) is 17.8 Å². The van der Waals surface area contributed by atoms with E-state index < -0.39 is 5.54 Å². The summed E-state index contributed by atoms with van der Waals surface area (Å²) in [7, 11) is 0. The van der Waals surface area contributed by atoms with Gasteiger partial charge >= 0.3 is 0 Å². The summed E-state index contributed by atoms with van der Waals surface area (Å²) in [6, 6.07) is 13.3. The molecule has 2 aromatic carbocycles. The molecule has 108 valence electrons. The monoisotopic (exact) mass is 285 g/mol. The molecule has 21 heavy (non-hydrogen) atoms. The molecule has 0 saturated carbocycles. The molecular formula is C16H16FN3O. The molecule has 1 aliphatic heterocycles.